The van der Waals surface area contributed by atoms with Crippen molar-refractivity contribution < 1.29 is 28.6 Å². The first-order chi connectivity index (χ1) is 13.7. The van der Waals surface area contributed by atoms with Crippen molar-refractivity contribution in [2.45, 2.75) is 45.8 Å². The number of benzene rings is 1. The van der Waals surface area contributed by atoms with E-state index >= 15 is 0 Å². The summed E-state index contributed by atoms with van der Waals surface area (Å²) in [6.45, 7) is 6.07. The van der Waals surface area contributed by atoms with E-state index < -0.39 is 29.5 Å². The van der Waals surface area contributed by atoms with Gasteiger partial charge in [-0.3, -0.25) is 9.59 Å². The van der Waals surface area contributed by atoms with Gasteiger partial charge in [0.1, 0.15) is 11.4 Å². The number of rotatable bonds is 6. The minimum Gasteiger partial charge on any atom is -0.496 e. The lowest BCUT2D eigenvalue weighted by atomic mass is 9.98. The number of piperidine rings is 1. The number of nitrogens with one attached hydrogen (secondary N) is 1. The van der Waals surface area contributed by atoms with Gasteiger partial charge < -0.3 is 24.4 Å². The third-order valence-corrected chi connectivity index (χ3v) is 4.42. The molecule has 0 saturated carbocycles. The number of para-hydroxylation sites is 1. The van der Waals surface area contributed by atoms with Crippen LogP contribution in [0.4, 0.5) is 4.79 Å². The molecule has 1 fully saturated rings. The largest absolute Gasteiger partial charge is 0.496 e. The molecule has 1 atom stereocenters. The van der Waals surface area contributed by atoms with Crippen LogP contribution in [0.3, 0.4) is 0 Å². The Labute approximate surface area is 171 Å². The van der Waals surface area contributed by atoms with Gasteiger partial charge in [0.2, 0.25) is 0 Å². The van der Waals surface area contributed by atoms with Gasteiger partial charge in [-0.15, -0.1) is 0 Å². The zero-order valence-corrected chi connectivity index (χ0v) is 17.5. The highest BCUT2D eigenvalue weighted by atomic mass is 16.6. The fraction of sp³-hybridized carbons (Fsp3) is 0.571. The topological polar surface area (TPSA) is 94.2 Å². The maximum atomic E-state index is 12.3. The number of nitrogens with zero attached hydrogens (tertiary/aromatic N) is 1. The molecule has 1 aromatic rings. The van der Waals surface area contributed by atoms with Crippen molar-refractivity contribution in [3.8, 4) is 5.75 Å². The molecular weight excluding hydrogens is 376 g/mol. The van der Waals surface area contributed by atoms with Crippen LogP contribution in [-0.4, -0.2) is 55.3 Å². The van der Waals surface area contributed by atoms with Crippen LogP contribution in [0.1, 0.15) is 39.2 Å². The maximum Gasteiger partial charge on any atom is 0.410 e. The zero-order valence-electron chi connectivity index (χ0n) is 17.5. The van der Waals surface area contributed by atoms with Crippen molar-refractivity contribution >= 4 is 18.0 Å². The van der Waals surface area contributed by atoms with Crippen LogP contribution in [0.5, 0.6) is 5.75 Å². The molecule has 2 rings (SSSR count). The van der Waals surface area contributed by atoms with Crippen molar-refractivity contribution in [3.05, 3.63) is 29.8 Å². The number of ether oxygens (including phenoxy) is 3. The molecule has 0 aromatic heterocycles. The van der Waals surface area contributed by atoms with Crippen molar-refractivity contribution in [1.82, 2.24) is 10.2 Å². The molecule has 0 radical (unpaired) electrons. The summed E-state index contributed by atoms with van der Waals surface area (Å²) in [7, 11) is 1.56. The molecule has 0 spiro atoms. The number of carbonyl (C=O) groups is 3. The second-order valence-corrected chi connectivity index (χ2v) is 7.96. The Morgan fingerprint density at radius 2 is 1.93 bits per heavy atom. The Bertz CT molecular complexity index is 728. The molecule has 29 heavy (non-hydrogen) atoms. The Balaban J connectivity index is 1.77. The molecule has 1 aliphatic rings. The fourth-order valence-corrected chi connectivity index (χ4v) is 3.01. The van der Waals surface area contributed by atoms with Crippen molar-refractivity contribution in [2.75, 3.05) is 26.8 Å². The summed E-state index contributed by atoms with van der Waals surface area (Å²) in [6.07, 6.45) is 0.851. The quantitative estimate of drug-likeness (QED) is 0.730. The summed E-state index contributed by atoms with van der Waals surface area (Å²) in [5.41, 5.74) is 0.235. The summed E-state index contributed by atoms with van der Waals surface area (Å²) in [5.74, 6) is -0.665. The minimum absolute atomic E-state index is 0.233. The summed E-state index contributed by atoms with van der Waals surface area (Å²) >= 11 is 0. The molecule has 1 aromatic carbocycles. The lowest BCUT2D eigenvalue weighted by Gasteiger charge is -2.33. The molecule has 1 heterocycles. The van der Waals surface area contributed by atoms with Crippen LogP contribution < -0.4 is 10.1 Å². The van der Waals surface area contributed by atoms with Gasteiger partial charge in [-0.1, -0.05) is 18.2 Å². The lowest BCUT2D eigenvalue weighted by Crippen LogP contribution is -2.45. The molecule has 2 amide bonds. The third-order valence-electron chi connectivity index (χ3n) is 4.42. The number of esters is 1. The van der Waals surface area contributed by atoms with Crippen molar-refractivity contribution in [3.63, 3.8) is 0 Å². The smallest absolute Gasteiger partial charge is 0.410 e. The first-order valence-corrected chi connectivity index (χ1v) is 9.73. The van der Waals surface area contributed by atoms with Gasteiger partial charge >= 0.3 is 12.1 Å². The summed E-state index contributed by atoms with van der Waals surface area (Å²) in [5, 5.41) is 2.70. The molecule has 1 N–H and O–H groups in total. The van der Waals surface area contributed by atoms with E-state index in [1.165, 1.54) is 4.90 Å². The third kappa shape index (κ3) is 7.29. The molecule has 8 heteroatoms. The average Bonchev–Trinajstić information content (AvgIpc) is 2.69. The lowest BCUT2D eigenvalue weighted by molar-refractivity contribution is -0.154. The van der Waals surface area contributed by atoms with Gasteiger partial charge in [0.05, 0.1) is 13.0 Å². The van der Waals surface area contributed by atoms with E-state index in [2.05, 4.69) is 5.32 Å². The predicted octanol–water partition coefficient (Wildman–Crippen LogP) is 2.50. The summed E-state index contributed by atoms with van der Waals surface area (Å²) in [6, 6.07) is 7.35. The monoisotopic (exact) mass is 406 g/mol. The average molecular weight is 406 g/mol. The number of amides is 2. The highest BCUT2D eigenvalue weighted by Crippen LogP contribution is 2.20. The van der Waals surface area contributed by atoms with E-state index in [0.29, 0.717) is 25.1 Å². The highest BCUT2D eigenvalue weighted by Gasteiger charge is 2.32. The van der Waals surface area contributed by atoms with Gasteiger partial charge in [-0.2, -0.15) is 0 Å². The molecule has 0 aliphatic carbocycles. The second kappa shape index (κ2) is 10.1. The Kier molecular flexibility index (Phi) is 7.87. The predicted molar refractivity (Wildman–Crippen MR) is 106 cm³/mol. The summed E-state index contributed by atoms with van der Waals surface area (Å²) < 4.78 is 15.7. The van der Waals surface area contributed by atoms with Crippen LogP contribution in [0.15, 0.2) is 24.3 Å². The van der Waals surface area contributed by atoms with E-state index in [0.717, 1.165) is 5.56 Å². The van der Waals surface area contributed by atoms with E-state index in [4.69, 9.17) is 14.2 Å². The summed E-state index contributed by atoms with van der Waals surface area (Å²) in [4.78, 5) is 38.1. The first kappa shape index (κ1) is 22.5. The standard InChI is InChI=1S/C21H30N2O6/c1-21(2,3)29-20(26)23-11-7-9-16(13-23)19(25)28-14-18(24)22-12-15-8-5-6-10-17(15)27-4/h5-6,8,10,16H,7,9,11-14H2,1-4H3,(H,22,24). The zero-order chi connectivity index (χ0) is 21.4. The van der Waals surface area contributed by atoms with Gasteiger partial charge in [-0.25, -0.2) is 4.79 Å². The Morgan fingerprint density at radius 3 is 2.62 bits per heavy atom. The normalized spacial score (nSPS) is 16.7. The number of methoxy groups -OCH3 is 1. The number of hydrogen-bond donors (Lipinski definition) is 1. The molecule has 8 nitrogen and oxygen atoms in total. The molecule has 160 valence electrons. The van der Waals surface area contributed by atoms with Crippen LogP contribution >= 0.6 is 0 Å². The first-order valence-electron chi connectivity index (χ1n) is 9.73. The minimum atomic E-state index is -0.593. The van der Waals surface area contributed by atoms with Crippen molar-refractivity contribution in [2.24, 2.45) is 5.92 Å². The Morgan fingerprint density at radius 1 is 1.21 bits per heavy atom. The van der Waals surface area contributed by atoms with E-state index in [1.54, 1.807) is 33.9 Å². The SMILES string of the molecule is COc1ccccc1CNC(=O)COC(=O)C1CCCN(C(=O)OC(C)(C)C)C1. The van der Waals surface area contributed by atoms with Gasteiger partial charge in [0.15, 0.2) is 6.61 Å². The van der Waals surface area contributed by atoms with E-state index in [-0.39, 0.29) is 19.7 Å². The van der Waals surface area contributed by atoms with Gasteiger partial charge in [0.25, 0.3) is 5.91 Å². The molecule has 1 aliphatic heterocycles. The molecular formula is C21H30N2O6. The Hall–Kier alpha value is -2.77. The molecule has 1 saturated heterocycles. The van der Waals surface area contributed by atoms with Crippen LogP contribution in [0, 0.1) is 5.92 Å². The number of likely N-dealkylation sites (tertiary alicyclic amines) is 1. The number of hydrogen-bond acceptors (Lipinski definition) is 6. The highest BCUT2D eigenvalue weighted by molar-refractivity contribution is 5.81. The van der Waals surface area contributed by atoms with E-state index in [9.17, 15) is 14.4 Å². The fourth-order valence-electron chi connectivity index (χ4n) is 3.01. The van der Waals surface area contributed by atoms with Crippen molar-refractivity contribution in [1.29, 1.82) is 0 Å². The van der Waals surface area contributed by atoms with Crippen LogP contribution in [0.2, 0.25) is 0 Å². The van der Waals surface area contributed by atoms with E-state index in [1.807, 2.05) is 18.2 Å². The second-order valence-electron chi connectivity index (χ2n) is 7.96. The molecule has 1 unspecified atom stereocenters. The molecule has 0 bridgehead atoms. The van der Waals surface area contributed by atoms with Gasteiger partial charge in [-0.05, 0) is 39.7 Å². The van der Waals surface area contributed by atoms with Gasteiger partial charge in [0, 0.05) is 25.2 Å². The number of carbonyl (C=O) groups excluding carboxylic acids is 3. The maximum absolute atomic E-state index is 12.3. The van der Waals surface area contributed by atoms with Crippen LogP contribution in [0.25, 0.3) is 0 Å². The van der Waals surface area contributed by atoms with Crippen LogP contribution in [-0.2, 0) is 25.6 Å².